The van der Waals surface area contributed by atoms with Crippen LogP contribution >= 0.6 is 0 Å². The van der Waals surface area contributed by atoms with Gasteiger partial charge in [-0.25, -0.2) is 4.98 Å². The number of aromatic nitrogens is 2. The highest BCUT2D eigenvalue weighted by molar-refractivity contribution is 5.81. The Balaban J connectivity index is 1.45. The average molecular weight is 393 g/mol. The van der Waals surface area contributed by atoms with E-state index in [-0.39, 0.29) is 5.91 Å². The Morgan fingerprint density at radius 2 is 1.90 bits per heavy atom. The molecule has 0 unspecified atom stereocenters. The highest BCUT2D eigenvalue weighted by Gasteiger charge is 2.19. The Labute approximate surface area is 171 Å². The lowest BCUT2D eigenvalue weighted by atomic mass is 10.1. The second-order valence-corrected chi connectivity index (χ2v) is 7.25. The fourth-order valence-electron chi connectivity index (χ4n) is 3.03. The van der Waals surface area contributed by atoms with E-state index >= 15 is 0 Å². The van der Waals surface area contributed by atoms with E-state index in [1.165, 1.54) is 11.1 Å². The first-order chi connectivity index (χ1) is 14.0. The van der Waals surface area contributed by atoms with Crippen LogP contribution in [0.4, 0.5) is 0 Å². The van der Waals surface area contributed by atoms with Crippen LogP contribution in [-0.4, -0.2) is 46.6 Å². The van der Waals surface area contributed by atoms with Crippen molar-refractivity contribution < 1.29 is 9.53 Å². The van der Waals surface area contributed by atoms with E-state index in [1.807, 2.05) is 60.2 Å². The molecule has 0 aliphatic carbocycles. The Morgan fingerprint density at radius 3 is 2.62 bits per heavy atom. The summed E-state index contributed by atoms with van der Waals surface area (Å²) >= 11 is 0. The monoisotopic (exact) mass is 392 g/mol. The molecule has 2 aromatic carbocycles. The van der Waals surface area contributed by atoms with Crippen molar-refractivity contribution in [2.24, 2.45) is 5.73 Å². The van der Waals surface area contributed by atoms with E-state index in [4.69, 9.17) is 10.5 Å². The molecule has 1 amide bonds. The first-order valence-electron chi connectivity index (χ1n) is 9.76. The van der Waals surface area contributed by atoms with Gasteiger partial charge in [0, 0.05) is 26.2 Å². The van der Waals surface area contributed by atoms with Crippen molar-refractivity contribution >= 4 is 5.91 Å². The van der Waals surface area contributed by atoms with Gasteiger partial charge in [0.2, 0.25) is 5.91 Å². The molecule has 0 bridgehead atoms. The number of amides is 1. The van der Waals surface area contributed by atoms with Gasteiger partial charge in [0.15, 0.2) is 0 Å². The second kappa shape index (κ2) is 9.89. The van der Waals surface area contributed by atoms with Gasteiger partial charge in [-0.15, -0.1) is 0 Å². The van der Waals surface area contributed by atoms with Gasteiger partial charge in [0.25, 0.3) is 0 Å². The highest BCUT2D eigenvalue weighted by atomic mass is 16.5. The minimum atomic E-state index is -0.626. The lowest BCUT2D eigenvalue weighted by Crippen LogP contribution is -2.44. The van der Waals surface area contributed by atoms with Gasteiger partial charge in [-0.05, 0) is 24.6 Å². The summed E-state index contributed by atoms with van der Waals surface area (Å²) in [5.74, 6) is 0.680. The number of aryl methyl sites for hydroxylation is 1. The predicted molar refractivity (Wildman–Crippen MR) is 114 cm³/mol. The summed E-state index contributed by atoms with van der Waals surface area (Å²) in [6.45, 7) is 3.67. The van der Waals surface area contributed by atoms with Crippen molar-refractivity contribution in [1.82, 2.24) is 14.5 Å². The smallest absolute Gasteiger partial charge is 0.239 e. The van der Waals surface area contributed by atoms with Crippen molar-refractivity contribution in [1.29, 1.82) is 0 Å². The fraction of sp³-hybridized carbons (Fsp3) is 0.304. The summed E-state index contributed by atoms with van der Waals surface area (Å²) in [5.41, 5.74) is 9.32. The van der Waals surface area contributed by atoms with Gasteiger partial charge in [-0.2, -0.15) is 0 Å². The van der Waals surface area contributed by atoms with Crippen LogP contribution in [0.25, 0.3) is 0 Å². The Hall–Kier alpha value is -3.12. The number of carbonyl (C=O) groups is 1. The maximum Gasteiger partial charge on any atom is 0.239 e. The third-order valence-corrected chi connectivity index (χ3v) is 4.73. The molecule has 1 atom stereocenters. The van der Waals surface area contributed by atoms with Crippen molar-refractivity contribution in [3.8, 4) is 5.75 Å². The van der Waals surface area contributed by atoms with E-state index < -0.39 is 6.04 Å². The molecule has 3 aromatic rings. The number of ether oxygens (including phenoxy) is 1. The molecule has 1 aromatic heterocycles. The van der Waals surface area contributed by atoms with E-state index in [9.17, 15) is 4.79 Å². The van der Waals surface area contributed by atoms with Crippen molar-refractivity contribution in [3.05, 3.63) is 83.9 Å². The van der Waals surface area contributed by atoms with Crippen LogP contribution < -0.4 is 10.5 Å². The van der Waals surface area contributed by atoms with Gasteiger partial charge >= 0.3 is 0 Å². The molecule has 0 fully saturated rings. The van der Waals surface area contributed by atoms with E-state index in [0.717, 1.165) is 18.0 Å². The van der Waals surface area contributed by atoms with Gasteiger partial charge < -0.3 is 19.9 Å². The molecule has 152 valence electrons. The summed E-state index contributed by atoms with van der Waals surface area (Å²) < 4.78 is 7.69. The van der Waals surface area contributed by atoms with Crippen LogP contribution in [0.15, 0.2) is 67.1 Å². The molecule has 0 saturated heterocycles. The van der Waals surface area contributed by atoms with Crippen LogP contribution in [-0.2, 0) is 17.8 Å². The molecular formula is C23H28N4O2. The summed E-state index contributed by atoms with van der Waals surface area (Å²) in [4.78, 5) is 18.5. The number of imidazole rings is 1. The normalized spacial score (nSPS) is 11.8. The maximum atomic E-state index is 12.5. The number of likely N-dealkylation sites (N-methyl/N-ethyl adjacent to an activating group) is 1. The Bertz CT molecular complexity index is 906. The van der Waals surface area contributed by atoms with Crippen LogP contribution in [0.1, 0.15) is 16.8 Å². The predicted octanol–water partition coefficient (Wildman–Crippen LogP) is 2.65. The first kappa shape index (κ1) is 20.6. The zero-order chi connectivity index (χ0) is 20.6. The molecule has 29 heavy (non-hydrogen) atoms. The standard InChI is InChI=1S/C23H28N4O2/c1-18-8-10-21(11-9-18)29-13-12-26(2)23(28)22(24)14-20-16-27(17-25-20)15-19-6-4-3-5-7-19/h3-11,16-17,22H,12-15,24H2,1-2H3/t22-/m0/s1. The summed E-state index contributed by atoms with van der Waals surface area (Å²) in [6, 6.07) is 17.4. The van der Waals surface area contributed by atoms with E-state index in [1.54, 1.807) is 18.3 Å². The lowest BCUT2D eigenvalue weighted by Gasteiger charge is -2.21. The zero-order valence-electron chi connectivity index (χ0n) is 17.0. The average Bonchev–Trinajstić information content (AvgIpc) is 3.16. The third-order valence-electron chi connectivity index (χ3n) is 4.73. The quantitative estimate of drug-likeness (QED) is 0.608. The van der Waals surface area contributed by atoms with Crippen LogP contribution in [0.5, 0.6) is 5.75 Å². The molecule has 0 aliphatic rings. The Morgan fingerprint density at radius 1 is 1.17 bits per heavy atom. The Kier molecular flexibility index (Phi) is 7.03. The SMILES string of the molecule is Cc1ccc(OCCN(C)C(=O)[C@@H](N)Cc2cn(Cc3ccccc3)cn2)cc1. The summed E-state index contributed by atoms with van der Waals surface area (Å²) in [7, 11) is 1.74. The molecule has 3 rings (SSSR count). The largest absolute Gasteiger partial charge is 0.492 e. The van der Waals surface area contributed by atoms with E-state index in [2.05, 4.69) is 17.1 Å². The molecule has 6 nitrogen and oxygen atoms in total. The zero-order valence-corrected chi connectivity index (χ0v) is 17.0. The van der Waals surface area contributed by atoms with Crippen LogP contribution in [0, 0.1) is 6.92 Å². The molecule has 0 aliphatic heterocycles. The van der Waals surface area contributed by atoms with Crippen molar-refractivity contribution in [2.45, 2.75) is 25.9 Å². The number of carbonyl (C=O) groups excluding carboxylic acids is 1. The second-order valence-electron chi connectivity index (χ2n) is 7.25. The molecule has 0 saturated carbocycles. The highest BCUT2D eigenvalue weighted by Crippen LogP contribution is 2.11. The van der Waals surface area contributed by atoms with Crippen molar-refractivity contribution in [3.63, 3.8) is 0 Å². The van der Waals surface area contributed by atoms with Crippen molar-refractivity contribution in [2.75, 3.05) is 20.2 Å². The number of benzene rings is 2. The summed E-state index contributed by atoms with van der Waals surface area (Å²) in [5, 5.41) is 0. The van der Waals surface area contributed by atoms with Gasteiger partial charge in [0.1, 0.15) is 12.4 Å². The topological polar surface area (TPSA) is 73.4 Å². The molecule has 0 radical (unpaired) electrons. The van der Waals surface area contributed by atoms with Crippen LogP contribution in [0.3, 0.4) is 0 Å². The maximum absolute atomic E-state index is 12.5. The fourth-order valence-corrected chi connectivity index (χ4v) is 3.03. The minimum absolute atomic E-state index is 0.116. The minimum Gasteiger partial charge on any atom is -0.492 e. The van der Waals surface area contributed by atoms with Gasteiger partial charge in [-0.1, -0.05) is 48.0 Å². The number of hydrogen-bond acceptors (Lipinski definition) is 4. The van der Waals surface area contributed by atoms with Crippen LogP contribution in [0.2, 0.25) is 0 Å². The lowest BCUT2D eigenvalue weighted by molar-refractivity contribution is -0.131. The molecule has 1 heterocycles. The molecule has 0 spiro atoms. The van der Waals surface area contributed by atoms with Gasteiger partial charge in [-0.3, -0.25) is 4.79 Å². The molecule has 6 heteroatoms. The third kappa shape index (κ3) is 6.19. The molecule has 2 N–H and O–H groups in total. The first-order valence-corrected chi connectivity index (χ1v) is 9.76. The molecular weight excluding hydrogens is 364 g/mol. The summed E-state index contributed by atoms with van der Waals surface area (Å²) in [6.07, 6.45) is 4.13. The van der Waals surface area contributed by atoms with Gasteiger partial charge in [0.05, 0.1) is 24.6 Å². The number of nitrogens with two attached hydrogens (primary N) is 1. The van der Waals surface area contributed by atoms with E-state index in [0.29, 0.717) is 19.6 Å². The number of rotatable bonds is 9. The number of hydrogen-bond donors (Lipinski definition) is 1. The number of nitrogens with zero attached hydrogens (tertiary/aromatic N) is 3.